The van der Waals surface area contributed by atoms with Gasteiger partial charge in [-0.2, -0.15) is 15.1 Å². The fourth-order valence-corrected chi connectivity index (χ4v) is 4.64. The summed E-state index contributed by atoms with van der Waals surface area (Å²) in [6.45, 7) is 3.72. The van der Waals surface area contributed by atoms with Crippen molar-refractivity contribution in [2.75, 3.05) is 35.0 Å². The highest BCUT2D eigenvalue weighted by atomic mass is 32.2. The summed E-state index contributed by atoms with van der Waals surface area (Å²) in [6.07, 6.45) is 2.31. The molecule has 0 unspecified atom stereocenters. The van der Waals surface area contributed by atoms with Gasteiger partial charge in [-0.25, -0.2) is 8.42 Å². The average molecular weight is 513 g/mol. The number of benzene rings is 3. The second-order valence-electron chi connectivity index (χ2n) is 8.90. The van der Waals surface area contributed by atoms with Crippen molar-refractivity contribution in [2.24, 2.45) is 5.10 Å². The molecule has 1 saturated heterocycles. The molecule has 4 aromatic rings. The Labute approximate surface area is 217 Å². The number of rotatable bonds is 8. The van der Waals surface area contributed by atoms with Gasteiger partial charge in [0.25, 0.3) is 0 Å². The number of sulfone groups is 1. The molecule has 2 heterocycles. The first-order valence-corrected chi connectivity index (χ1v) is 13.9. The lowest BCUT2D eigenvalue weighted by Crippen LogP contribution is -2.38. The second-order valence-corrected chi connectivity index (χ2v) is 10.9. The van der Waals surface area contributed by atoms with E-state index < -0.39 is 9.84 Å². The normalized spacial score (nSPS) is 13.7. The van der Waals surface area contributed by atoms with Crippen LogP contribution < -0.4 is 15.6 Å². The molecule has 1 aliphatic heterocycles. The molecule has 0 bridgehead atoms. The Bertz CT molecular complexity index is 1520. The van der Waals surface area contributed by atoms with Crippen molar-refractivity contribution >= 4 is 38.8 Å². The van der Waals surface area contributed by atoms with Gasteiger partial charge in [0.2, 0.25) is 5.95 Å². The summed E-state index contributed by atoms with van der Waals surface area (Å²) in [5.74, 6) is 1.90. The molecule has 0 atom stereocenters. The minimum Gasteiger partial charge on any atom is -0.356 e. The highest BCUT2D eigenvalue weighted by molar-refractivity contribution is 7.90. The lowest BCUT2D eigenvalue weighted by molar-refractivity contribution is 0.602. The summed E-state index contributed by atoms with van der Waals surface area (Å²) in [7, 11) is -3.26. The van der Waals surface area contributed by atoms with E-state index >= 15 is 0 Å². The molecule has 188 valence electrons. The van der Waals surface area contributed by atoms with Crippen LogP contribution in [-0.4, -0.2) is 43.4 Å². The number of para-hydroxylation sites is 1. The van der Waals surface area contributed by atoms with Crippen LogP contribution in [0.25, 0.3) is 11.1 Å². The Morgan fingerprint density at radius 3 is 2.14 bits per heavy atom. The largest absolute Gasteiger partial charge is 0.356 e. The van der Waals surface area contributed by atoms with Gasteiger partial charge in [-0.15, -0.1) is 0 Å². The lowest BCUT2D eigenvalue weighted by atomic mass is 10.0. The van der Waals surface area contributed by atoms with Crippen LogP contribution in [-0.2, 0) is 9.84 Å². The molecule has 2 N–H and O–H groups in total. The Hall–Kier alpha value is -4.24. The monoisotopic (exact) mass is 512 g/mol. The van der Waals surface area contributed by atoms with Crippen molar-refractivity contribution in [3.63, 3.8) is 0 Å². The van der Waals surface area contributed by atoms with E-state index in [1.54, 1.807) is 24.3 Å². The Morgan fingerprint density at radius 2 is 1.54 bits per heavy atom. The molecule has 0 radical (unpaired) electrons. The van der Waals surface area contributed by atoms with Crippen molar-refractivity contribution in [1.29, 1.82) is 0 Å². The maximum Gasteiger partial charge on any atom is 0.231 e. The number of aromatic nitrogens is 2. The molecule has 1 fully saturated rings. The molecular weight excluding hydrogens is 484 g/mol. The predicted molar refractivity (Wildman–Crippen MR) is 149 cm³/mol. The van der Waals surface area contributed by atoms with E-state index in [2.05, 4.69) is 20.7 Å². The number of anilines is 4. The van der Waals surface area contributed by atoms with Crippen LogP contribution in [0.15, 0.2) is 94.9 Å². The minimum atomic E-state index is -3.26. The summed E-state index contributed by atoms with van der Waals surface area (Å²) in [4.78, 5) is 12.2. The summed E-state index contributed by atoms with van der Waals surface area (Å²) < 4.78 is 23.6. The molecule has 8 nitrogen and oxygen atoms in total. The predicted octanol–water partition coefficient (Wildman–Crippen LogP) is 5.34. The Kier molecular flexibility index (Phi) is 6.87. The molecule has 0 spiro atoms. The van der Waals surface area contributed by atoms with Crippen LogP contribution in [0.4, 0.5) is 23.3 Å². The third-order valence-electron chi connectivity index (χ3n) is 6.17. The van der Waals surface area contributed by atoms with Gasteiger partial charge < -0.3 is 10.2 Å². The van der Waals surface area contributed by atoms with Crippen LogP contribution in [0.5, 0.6) is 0 Å². The quantitative estimate of drug-likeness (QED) is 0.243. The molecule has 1 aromatic heterocycles. The molecule has 37 heavy (non-hydrogen) atoms. The molecule has 1 aliphatic rings. The zero-order valence-electron chi connectivity index (χ0n) is 20.7. The van der Waals surface area contributed by atoms with Crippen molar-refractivity contribution < 1.29 is 8.42 Å². The highest BCUT2D eigenvalue weighted by Crippen LogP contribution is 2.38. The van der Waals surface area contributed by atoms with Gasteiger partial charge in [-0.05, 0) is 48.7 Å². The van der Waals surface area contributed by atoms with Gasteiger partial charge in [-0.1, -0.05) is 60.7 Å². The molecule has 3 aromatic carbocycles. The second kappa shape index (κ2) is 10.4. The van der Waals surface area contributed by atoms with Gasteiger partial charge in [0.05, 0.1) is 16.2 Å². The standard InChI is InChI=1S/C28H28N6O2S/c1-20(21-14-16-24(17-15-21)37(2,35)36)32-33-26-25(22-10-5-3-6-11-22)27(34-18-9-19-34)31-28(30-26)29-23-12-7-4-8-13-23/h3-8,10-17H,9,18-19H2,1-2H3,(H2,29,30,31,33). The first-order valence-electron chi connectivity index (χ1n) is 12.0. The first kappa shape index (κ1) is 24.5. The fourth-order valence-electron chi connectivity index (χ4n) is 4.01. The molecule has 5 rings (SSSR count). The molecule has 0 saturated carbocycles. The highest BCUT2D eigenvalue weighted by Gasteiger charge is 2.25. The molecule has 0 amide bonds. The van der Waals surface area contributed by atoms with Crippen molar-refractivity contribution in [2.45, 2.75) is 18.2 Å². The van der Waals surface area contributed by atoms with Crippen LogP contribution in [0.3, 0.4) is 0 Å². The van der Waals surface area contributed by atoms with Crippen LogP contribution >= 0.6 is 0 Å². The number of hydrazone groups is 1. The smallest absolute Gasteiger partial charge is 0.231 e. The third-order valence-corrected chi connectivity index (χ3v) is 7.30. The van der Waals surface area contributed by atoms with Crippen molar-refractivity contribution in [3.05, 3.63) is 90.5 Å². The summed E-state index contributed by atoms with van der Waals surface area (Å²) in [5.41, 5.74) is 7.43. The maximum absolute atomic E-state index is 11.8. The fraction of sp³-hybridized carbons (Fsp3) is 0.179. The Balaban J connectivity index is 1.55. The SMILES string of the molecule is CC(=NNc1nc(Nc2ccccc2)nc(N2CCC2)c1-c1ccccc1)c1ccc(S(C)(=O)=O)cc1. The van der Waals surface area contributed by atoms with E-state index in [4.69, 9.17) is 9.97 Å². The number of nitrogens with one attached hydrogen (secondary N) is 2. The van der Waals surface area contributed by atoms with E-state index in [0.717, 1.165) is 47.7 Å². The van der Waals surface area contributed by atoms with E-state index in [9.17, 15) is 8.42 Å². The van der Waals surface area contributed by atoms with Gasteiger partial charge in [0, 0.05) is 25.0 Å². The lowest BCUT2D eigenvalue weighted by Gasteiger charge is -2.34. The van der Waals surface area contributed by atoms with E-state index in [1.807, 2.05) is 67.6 Å². The first-order chi connectivity index (χ1) is 17.9. The maximum atomic E-state index is 11.8. The molecule has 9 heteroatoms. The number of nitrogens with zero attached hydrogens (tertiary/aromatic N) is 4. The zero-order chi connectivity index (χ0) is 25.8. The zero-order valence-corrected chi connectivity index (χ0v) is 21.5. The van der Waals surface area contributed by atoms with Crippen LogP contribution in [0.2, 0.25) is 0 Å². The number of hydrogen-bond acceptors (Lipinski definition) is 8. The van der Waals surface area contributed by atoms with Gasteiger partial charge in [0.15, 0.2) is 15.7 Å². The van der Waals surface area contributed by atoms with E-state index in [-0.39, 0.29) is 4.90 Å². The third kappa shape index (κ3) is 5.62. The summed E-state index contributed by atoms with van der Waals surface area (Å²) in [6, 6.07) is 26.5. The van der Waals surface area contributed by atoms with Crippen LogP contribution in [0.1, 0.15) is 18.9 Å². The number of hydrogen-bond donors (Lipinski definition) is 2. The topological polar surface area (TPSA) is 99.6 Å². The van der Waals surface area contributed by atoms with E-state index in [0.29, 0.717) is 17.5 Å². The average Bonchev–Trinajstić information content (AvgIpc) is 2.87. The molecular formula is C28H28N6O2S. The summed E-state index contributed by atoms with van der Waals surface area (Å²) >= 11 is 0. The Morgan fingerprint density at radius 1 is 0.892 bits per heavy atom. The van der Waals surface area contributed by atoms with Crippen molar-refractivity contribution in [1.82, 2.24) is 9.97 Å². The van der Waals surface area contributed by atoms with Crippen LogP contribution in [0, 0.1) is 0 Å². The molecule has 0 aliphatic carbocycles. The summed E-state index contributed by atoms with van der Waals surface area (Å²) in [5, 5.41) is 7.93. The van der Waals surface area contributed by atoms with Gasteiger partial charge in [-0.3, -0.25) is 5.43 Å². The van der Waals surface area contributed by atoms with Gasteiger partial charge in [0.1, 0.15) is 5.82 Å². The van der Waals surface area contributed by atoms with E-state index in [1.165, 1.54) is 6.26 Å². The minimum absolute atomic E-state index is 0.273. The van der Waals surface area contributed by atoms with Gasteiger partial charge >= 0.3 is 0 Å². The van der Waals surface area contributed by atoms with Crippen molar-refractivity contribution in [3.8, 4) is 11.1 Å².